The van der Waals surface area contributed by atoms with Gasteiger partial charge < -0.3 is 9.62 Å². The molecule has 1 aromatic carbocycles. The van der Waals surface area contributed by atoms with E-state index < -0.39 is 0 Å². The Morgan fingerprint density at radius 1 is 1.14 bits per heavy atom. The maximum absolute atomic E-state index is 11.4. The van der Waals surface area contributed by atoms with E-state index in [1.165, 1.54) is 38.5 Å². The molecule has 0 radical (unpaired) electrons. The third kappa shape index (κ3) is 2.85. The van der Waals surface area contributed by atoms with Crippen molar-refractivity contribution in [2.24, 2.45) is 5.41 Å². The zero-order chi connectivity index (χ0) is 15.2. The first-order valence-electron chi connectivity index (χ1n) is 8.40. The summed E-state index contributed by atoms with van der Waals surface area (Å²) in [5, 5.41) is 0. The molecule has 0 unspecified atom stereocenters. The van der Waals surface area contributed by atoms with Gasteiger partial charge in [0.25, 0.3) is 0 Å². The third-order valence-electron chi connectivity index (χ3n) is 5.65. The van der Waals surface area contributed by atoms with Gasteiger partial charge in [0.15, 0.2) is 6.29 Å². The van der Waals surface area contributed by atoms with Crippen LogP contribution in [-0.2, 0) is 0 Å². The Morgan fingerprint density at radius 3 is 2.45 bits per heavy atom. The minimum Gasteiger partial charge on any atom is -0.371 e. The molecule has 0 aromatic heterocycles. The first kappa shape index (κ1) is 14.4. The van der Waals surface area contributed by atoms with Crippen LogP contribution in [0.4, 0.5) is 11.4 Å². The lowest BCUT2D eigenvalue weighted by atomic mass is 9.93. The average molecular weight is 316 g/mol. The van der Waals surface area contributed by atoms with E-state index in [2.05, 4.69) is 22.6 Å². The first-order valence-corrected chi connectivity index (χ1v) is 9.21. The molecule has 1 saturated heterocycles. The zero-order valence-corrected chi connectivity index (χ0v) is 14.0. The molecule has 1 heterocycles. The molecule has 22 heavy (non-hydrogen) atoms. The van der Waals surface area contributed by atoms with Crippen molar-refractivity contribution in [2.45, 2.75) is 50.2 Å². The van der Waals surface area contributed by atoms with Crippen LogP contribution in [0.15, 0.2) is 18.2 Å². The topological polar surface area (TPSA) is 32.3 Å². The van der Waals surface area contributed by atoms with Gasteiger partial charge >= 0.3 is 0 Å². The molecule has 4 heteroatoms. The Labute approximate surface area is 137 Å². The molecule has 0 amide bonds. The molecular weight excluding hydrogens is 292 g/mol. The fourth-order valence-electron chi connectivity index (χ4n) is 3.34. The monoisotopic (exact) mass is 316 g/mol. The van der Waals surface area contributed by atoms with Gasteiger partial charge in [-0.15, -0.1) is 0 Å². The molecule has 0 bridgehead atoms. The Kier molecular flexibility index (Phi) is 3.40. The van der Waals surface area contributed by atoms with Gasteiger partial charge in [0, 0.05) is 34.8 Å². The van der Waals surface area contributed by atoms with E-state index in [9.17, 15) is 4.79 Å². The van der Waals surface area contributed by atoms with E-state index in [1.54, 1.807) is 0 Å². The van der Waals surface area contributed by atoms with Gasteiger partial charge in [-0.3, -0.25) is 4.79 Å². The normalized spacial score (nSPS) is 24.1. The predicted octanol–water partition coefficient (Wildman–Crippen LogP) is 4.49. The van der Waals surface area contributed by atoms with E-state index in [-0.39, 0.29) is 0 Å². The van der Waals surface area contributed by atoms with Crippen LogP contribution in [0.25, 0.3) is 0 Å². The van der Waals surface area contributed by atoms with Crippen LogP contribution >= 0.6 is 11.9 Å². The van der Waals surface area contributed by atoms with Crippen molar-refractivity contribution in [1.29, 1.82) is 0 Å². The molecule has 3 nitrogen and oxygen atoms in total. The molecule has 0 atom stereocenters. The first-order chi connectivity index (χ1) is 10.6. The van der Waals surface area contributed by atoms with Gasteiger partial charge in [-0.1, -0.05) is 0 Å². The number of carbonyl (C=O) groups is 1. The second-order valence-corrected chi connectivity index (χ2v) is 8.93. The highest BCUT2D eigenvalue weighted by atomic mass is 32.2. The summed E-state index contributed by atoms with van der Waals surface area (Å²) >= 11 is 1.82. The number of hydrogen-bond donors (Lipinski definition) is 1. The summed E-state index contributed by atoms with van der Waals surface area (Å²) in [6.07, 6.45) is 8.98. The largest absolute Gasteiger partial charge is 0.371 e. The predicted molar refractivity (Wildman–Crippen MR) is 93.8 cm³/mol. The van der Waals surface area contributed by atoms with Gasteiger partial charge in [-0.25, -0.2) is 0 Å². The van der Waals surface area contributed by atoms with E-state index in [0.29, 0.717) is 10.2 Å². The van der Waals surface area contributed by atoms with Crippen LogP contribution in [0.1, 0.15) is 55.8 Å². The number of anilines is 2. The smallest absolute Gasteiger partial charge is 0.152 e. The summed E-state index contributed by atoms with van der Waals surface area (Å²) in [6.45, 7) is 4.48. The summed E-state index contributed by atoms with van der Waals surface area (Å²) < 4.78 is 3.89. The minimum absolute atomic E-state index is 0.410. The van der Waals surface area contributed by atoms with E-state index in [1.807, 2.05) is 24.1 Å². The number of aldehydes is 1. The van der Waals surface area contributed by atoms with Crippen LogP contribution in [0.3, 0.4) is 0 Å². The third-order valence-corrected chi connectivity index (χ3v) is 6.89. The van der Waals surface area contributed by atoms with Gasteiger partial charge in [-0.2, -0.15) is 0 Å². The van der Waals surface area contributed by atoms with Crippen LogP contribution in [-0.4, -0.2) is 24.1 Å². The maximum Gasteiger partial charge on any atom is 0.152 e. The van der Waals surface area contributed by atoms with Crippen molar-refractivity contribution in [2.75, 3.05) is 22.7 Å². The van der Waals surface area contributed by atoms with E-state index in [4.69, 9.17) is 0 Å². The van der Waals surface area contributed by atoms with Crippen molar-refractivity contribution in [3.63, 3.8) is 0 Å². The van der Waals surface area contributed by atoms with Gasteiger partial charge in [0.1, 0.15) is 0 Å². The lowest BCUT2D eigenvalue weighted by molar-refractivity contribution is 0.112. The summed E-state index contributed by atoms with van der Waals surface area (Å²) in [5.41, 5.74) is 3.71. The maximum atomic E-state index is 11.4. The molecule has 1 N–H and O–H groups in total. The van der Waals surface area contributed by atoms with Crippen molar-refractivity contribution in [1.82, 2.24) is 0 Å². The number of benzene rings is 1. The van der Waals surface area contributed by atoms with Crippen LogP contribution in [0.5, 0.6) is 0 Å². The summed E-state index contributed by atoms with van der Waals surface area (Å²) in [5.74, 6) is 0. The van der Waals surface area contributed by atoms with Gasteiger partial charge in [0.2, 0.25) is 0 Å². The molecule has 118 valence electrons. The van der Waals surface area contributed by atoms with Gasteiger partial charge in [0.05, 0.1) is 0 Å². The fourth-order valence-corrected chi connectivity index (χ4v) is 4.14. The van der Waals surface area contributed by atoms with Crippen molar-refractivity contribution < 1.29 is 4.79 Å². The Bertz CT molecular complexity index is 583. The summed E-state index contributed by atoms with van der Waals surface area (Å²) in [7, 11) is 0. The standard InChI is InChI=1S/C18H24N2OS/c1-17(4-5-17)22-19-15-3-2-14(13-21)16(12-15)20-10-8-18(6-7-18)9-11-20/h2-3,12-13,19H,4-11H2,1H3. The Hall–Kier alpha value is -1.16. The highest BCUT2D eigenvalue weighted by Crippen LogP contribution is 2.54. The second-order valence-electron chi connectivity index (χ2n) is 7.53. The van der Waals surface area contributed by atoms with Crippen molar-refractivity contribution >= 4 is 29.6 Å². The number of piperidine rings is 1. The second kappa shape index (κ2) is 5.19. The van der Waals surface area contributed by atoms with Crippen LogP contribution in [0, 0.1) is 5.41 Å². The quantitative estimate of drug-likeness (QED) is 0.641. The molecule has 3 aliphatic rings. The number of nitrogens with zero attached hydrogens (tertiary/aromatic N) is 1. The number of rotatable bonds is 5. The zero-order valence-electron chi connectivity index (χ0n) is 13.2. The lowest BCUT2D eigenvalue weighted by Gasteiger charge is -2.34. The molecular formula is C18H24N2OS. The Morgan fingerprint density at radius 2 is 1.86 bits per heavy atom. The number of carbonyl (C=O) groups excluding carboxylic acids is 1. The number of nitrogens with one attached hydrogen (secondary N) is 1. The fraction of sp³-hybridized carbons (Fsp3) is 0.611. The van der Waals surface area contributed by atoms with Crippen LogP contribution < -0.4 is 9.62 Å². The summed E-state index contributed by atoms with van der Waals surface area (Å²) in [6, 6.07) is 6.15. The molecule has 3 fully saturated rings. The molecule has 2 saturated carbocycles. The van der Waals surface area contributed by atoms with E-state index in [0.717, 1.165) is 36.3 Å². The lowest BCUT2D eigenvalue weighted by Crippen LogP contribution is -2.35. The van der Waals surface area contributed by atoms with Crippen molar-refractivity contribution in [3.8, 4) is 0 Å². The highest BCUT2D eigenvalue weighted by Gasteiger charge is 2.44. The molecule has 4 rings (SSSR count). The number of hydrogen-bond acceptors (Lipinski definition) is 4. The van der Waals surface area contributed by atoms with Gasteiger partial charge in [-0.05, 0) is 81.0 Å². The van der Waals surface area contributed by atoms with Crippen molar-refractivity contribution in [3.05, 3.63) is 23.8 Å². The molecule has 1 aromatic rings. The minimum atomic E-state index is 0.410. The molecule has 1 spiro atoms. The van der Waals surface area contributed by atoms with Crippen LogP contribution in [0.2, 0.25) is 0 Å². The molecule has 2 aliphatic carbocycles. The summed E-state index contributed by atoms with van der Waals surface area (Å²) in [4.78, 5) is 13.8. The Balaban J connectivity index is 1.49. The highest BCUT2D eigenvalue weighted by molar-refractivity contribution is 8.02. The SMILES string of the molecule is CC1(SNc2ccc(C=O)c(N3CCC4(CC3)CC4)c2)CC1. The molecule has 1 aliphatic heterocycles. The van der Waals surface area contributed by atoms with E-state index >= 15 is 0 Å². The average Bonchev–Trinajstić information content (AvgIpc) is 3.46.